The molecule has 1 N–H and O–H groups in total. The molecule has 0 aromatic heterocycles. The van der Waals surface area contributed by atoms with Gasteiger partial charge in [0, 0.05) is 6.61 Å². The van der Waals surface area contributed by atoms with E-state index in [1.165, 1.54) is 12.0 Å². The highest BCUT2D eigenvalue weighted by molar-refractivity contribution is 5.33. The van der Waals surface area contributed by atoms with Gasteiger partial charge in [0.25, 0.3) is 0 Å². The number of ether oxygens (including phenoxy) is 1. The molecule has 1 aliphatic heterocycles. The van der Waals surface area contributed by atoms with Crippen molar-refractivity contribution in [1.29, 1.82) is 0 Å². The maximum absolute atomic E-state index is 9.58. The molecule has 1 fully saturated rings. The summed E-state index contributed by atoms with van der Waals surface area (Å²) in [5, 5.41) is 9.58. The summed E-state index contributed by atoms with van der Waals surface area (Å²) in [6.07, 6.45) is 5.60. The molecule has 118 valence electrons. The van der Waals surface area contributed by atoms with Crippen LogP contribution in [0.15, 0.2) is 24.3 Å². The van der Waals surface area contributed by atoms with Gasteiger partial charge in [-0.1, -0.05) is 25.1 Å². The fraction of sp³-hybridized carbons (Fsp3) is 0.667. The van der Waals surface area contributed by atoms with Crippen LogP contribution in [0.3, 0.4) is 0 Å². The van der Waals surface area contributed by atoms with Crippen molar-refractivity contribution in [2.75, 3.05) is 33.4 Å². The van der Waals surface area contributed by atoms with Crippen LogP contribution in [0.25, 0.3) is 0 Å². The lowest BCUT2D eigenvalue weighted by molar-refractivity contribution is 0.0406. The molecular weight excluding hydrogens is 262 g/mol. The van der Waals surface area contributed by atoms with E-state index in [2.05, 4.69) is 24.0 Å². The molecule has 1 aromatic carbocycles. The van der Waals surface area contributed by atoms with E-state index >= 15 is 0 Å². The molecule has 1 heterocycles. The fourth-order valence-electron chi connectivity index (χ4n) is 3.28. The van der Waals surface area contributed by atoms with Gasteiger partial charge in [-0.15, -0.1) is 0 Å². The van der Waals surface area contributed by atoms with Gasteiger partial charge in [0.2, 0.25) is 0 Å². The van der Waals surface area contributed by atoms with Crippen molar-refractivity contribution < 1.29 is 9.84 Å². The minimum absolute atomic E-state index is 0.194. The number of hydrogen-bond acceptors (Lipinski definition) is 3. The van der Waals surface area contributed by atoms with E-state index in [9.17, 15) is 5.11 Å². The first-order valence-corrected chi connectivity index (χ1v) is 8.18. The molecule has 1 aromatic rings. The van der Waals surface area contributed by atoms with Gasteiger partial charge in [-0.2, -0.15) is 0 Å². The fourth-order valence-corrected chi connectivity index (χ4v) is 3.28. The molecule has 2 rings (SSSR count). The summed E-state index contributed by atoms with van der Waals surface area (Å²) in [6, 6.07) is 8.29. The summed E-state index contributed by atoms with van der Waals surface area (Å²) < 4.78 is 5.40. The Hall–Kier alpha value is -1.06. The highest BCUT2D eigenvalue weighted by Gasteiger charge is 2.31. The summed E-state index contributed by atoms with van der Waals surface area (Å²) in [7, 11) is 1.74. The zero-order valence-electron chi connectivity index (χ0n) is 13.5. The monoisotopic (exact) mass is 291 g/mol. The molecule has 1 aliphatic rings. The third-order valence-electron chi connectivity index (χ3n) is 5.12. The van der Waals surface area contributed by atoms with E-state index in [4.69, 9.17) is 4.74 Å². The van der Waals surface area contributed by atoms with Crippen LogP contribution >= 0.6 is 0 Å². The summed E-state index contributed by atoms with van der Waals surface area (Å²) in [6.45, 7) is 5.94. The first-order chi connectivity index (χ1) is 10.2. The summed E-state index contributed by atoms with van der Waals surface area (Å²) >= 11 is 0. The van der Waals surface area contributed by atoms with Gasteiger partial charge in [-0.25, -0.2) is 0 Å². The smallest absolute Gasteiger partial charge is 0.122 e. The Balaban J connectivity index is 1.75. The molecule has 0 bridgehead atoms. The second-order valence-corrected chi connectivity index (χ2v) is 6.27. The maximum atomic E-state index is 9.58. The van der Waals surface area contributed by atoms with Crippen LogP contribution < -0.4 is 4.74 Å². The van der Waals surface area contributed by atoms with Crippen LogP contribution in [0.4, 0.5) is 0 Å². The Labute approximate surface area is 128 Å². The van der Waals surface area contributed by atoms with Crippen LogP contribution in [0.5, 0.6) is 5.75 Å². The van der Waals surface area contributed by atoms with E-state index in [1.54, 1.807) is 7.11 Å². The molecule has 21 heavy (non-hydrogen) atoms. The third kappa shape index (κ3) is 4.21. The van der Waals surface area contributed by atoms with Gasteiger partial charge in [-0.3, -0.25) is 0 Å². The van der Waals surface area contributed by atoms with Crippen LogP contribution in [-0.2, 0) is 6.42 Å². The molecule has 3 heteroatoms. The lowest BCUT2D eigenvalue weighted by Gasteiger charge is -2.40. The summed E-state index contributed by atoms with van der Waals surface area (Å²) in [5.74, 6) is 1.00. The van der Waals surface area contributed by atoms with Crippen LogP contribution in [0.2, 0.25) is 0 Å². The van der Waals surface area contributed by atoms with E-state index < -0.39 is 0 Å². The van der Waals surface area contributed by atoms with Crippen molar-refractivity contribution in [3.05, 3.63) is 29.8 Å². The largest absolute Gasteiger partial charge is 0.496 e. The molecule has 0 saturated carbocycles. The van der Waals surface area contributed by atoms with Gasteiger partial charge in [0.15, 0.2) is 0 Å². The van der Waals surface area contributed by atoms with Crippen molar-refractivity contribution in [1.82, 2.24) is 4.90 Å². The van der Waals surface area contributed by atoms with Gasteiger partial charge in [0.05, 0.1) is 7.11 Å². The minimum Gasteiger partial charge on any atom is -0.496 e. The average molecular weight is 291 g/mol. The third-order valence-corrected chi connectivity index (χ3v) is 5.12. The highest BCUT2D eigenvalue weighted by Crippen LogP contribution is 2.34. The number of aliphatic hydroxyl groups excluding tert-OH is 1. The summed E-state index contributed by atoms with van der Waals surface area (Å²) in [5.41, 5.74) is 1.49. The maximum Gasteiger partial charge on any atom is 0.122 e. The molecule has 0 atom stereocenters. The lowest BCUT2D eigenvalue weighted by Crippen LogP contribution is -2.42. The second kappa shape index (κ2) is 7.81. The Morgan fingerprint density at radius 2 is 1.95 bits per heavy atom. The normalized spacial score (nSPS) is 18.6. The topological polar surface area (TPSA) is 32.7 Å². The van der Waals surface area contributed by atoms with E-state index in [1.807, 2.05) is 12.1 Å². The zero-order valence-corrected chi connectivity index (χ0v) is 13.5. The van der Waals surface area contributed by atoms with Crippen LogP contribution in [-0.4, -0.2) is 43.4 Å². The molecule has 0 unspecified atom stereocenters. The van der Waals surface area contributed by atoms with Gasteiger partial charge in [0.1, 0.15) is 5.75 Å². The van der Waals surface area contributed by atoms with Crippen LogP contribution in [0, 0.1) is 5.41 Å². The second-order valence-electron chi connectivity index (χ2n) is 6.27. The van der Waals surface area contributed by atoms with Crippen molar-refractivity contribution >= 4 is 0 Å². The molecule has 0 aliphatic carbocycles. The number of aryl methyl sites for hydroxylation is 1. The number of piperidine rings is 1. The minimum atomic E-state index is 0.194. The van der Waals surface area contributed by atoms with Crippen molar-refractivity contribution in [3.8, 4) is 5.75 Å². The van der Waals surface area contributed by atoms with E-state index in [0.29, 0.717) is 6.61 Å². The Bertz CT molecular complexity index is 419. The number of aliphatic hydroxyl groups is 1. The number of nitrogens with zero attached hydrogens (tertiary/aromatic N) is 1. The first-order valence-electron chi connectivity index (χ1n) is 8.18. The van der Waals surface area contributed by atoms with Crippen molar-refractivity contribution in [2.45, 2.75) is 39.0 Å². The number of hydrogen-bond donors (Lipinski definition) is 1. The Morgan fingerprint density at radius 3 is 2.57 bits per heavy atom. The Kier molecular flexibility index (Phi) is 6.07. The number of rotatable bonds is 7. The molecule has 0 spiro atoms. The van der Waals surface area contributed by atoms with E-state index in [0.717, 1.165) is 51.1 Å². The molecule has 3 nitrogen and oxygen atoms in total. The molecule has 0 amide bonds. The number of benzene rings is 1. The Morgan fingerprint density at radius 1 is 1.24 bits per heavy atom. The van der Waals surface area contributed by atoms with Gasteiger partial charge >= 0.3 is 0 Å². The SMILES string of the molecule is CCC1(CO)CCN(CCCc2ccccc2OC)CC1. The number of methoxy groups -OCH3 is 1. The van der Waals surface area contributed by atoms with Crippen molar-refractivity contribution in [2.24, 2.45) is 5.41 Å². The number of para-hydroxylation sites is 1. The predicted molar refractivity (Wildman–Crippen MR) is 86.8 cm³/mol. The molecule has 0 radical (unpaired) electrons. The summed E-state index contributed by atoms with van der Waals surface area (Å²) in [4.78, 5) is 2.54. The predicted octanol–water partition coefficient (Wildman–Crippen LogP) is 3.11. The van der Waals surface area contributed by atoms with E-state index in [-0.39, 0.29) is 5.41 Å². The van der Waals surface area contributed by atoms with Gasteiger partial charge in [-0.05, 0) is 68.8 Å². The molecule has 1 saturated heterocycles. The lowest BCUT2D eigenvalue weighted by atomic mass is 9.77. The zero-order chi connectivity index (χ0) is 15.1. The van der Waals surface area contributed by atoms with Gasteiger partial charge < -0.3 is 14.7 Å². The number of likely N-dealkylation sites (tertiary alicyclic amines) is 1. The average Bonchev–Trinajstić information content (AvgIpc) is 2.56. The molecular formula is C18H29NO2. The van der Waals surface area contributed by atoms with Crippen molar-refractivity contribution in [3.63, 3.8) is 0 Å². The quantitative estimate of drug-likeness (QED) is 0.838. The standard InChI is InChI=1S/C18H29NO2/c1-3-18(15-20)10-13-19(14-11-18)12-6-8-16-7-4-5-9-17(16)21-2/h4-5,7,9,20H,3,6,8,10-15H2,1-2H3. The van der Waals surface area contributed by atoms with Crippen LogP contribution in [0.1, 0.15) is 38.2 Å². The highest BCUT2D eigenvalue weighted by atomic mass is 16.5. The first kappa shape index (κ1) is 16.3.